The third-order valence-electron chi connectivity index (χ3n) is 4.84. The first-order valence-electron chi connectivity index (χ1n) is 10.4. The van der Waals surface area contributed by atoms with E-state index in [1.165, 1.54) is 23.1 Å². The minimum Gasteiger partial charge on any atom is -0.376 e. The van der Waals surface area contributed by atoms with E-state index in [1.807, 2.05) is 25.7 Å². The molecule has 2 amide bonds. The smallest absolute Gasteiger partial charge is 0.234 e. The summed E-state index contributed by atoms with van der Waals surface area (Å²) in [5.74, 6) is 0.478. The number of carbonyl (C=O) groups excluding carboxylic acids is 2. The van der Waals surface area contributed by atoms with Gasteiger partial charge in [0.2, 0.25) is 16.9 Å². The van der Waals surface area contributed by atoms with Gasteiger partial charge >= 0.3 is 0 Å². The summed E-state index contributed by atoms with van der Waals surface area (Å²) in [7, 11) is 0. The Morgan fingerprint density at radius 1 is 1.23 bits per heavy atom. The molecule has 3 rings (SSSR count). The summed E-state index contributed by atoms with van der Waals surface area (Å²) in [5, 5.41) is 15.3. The molecule has 0 radical (unpaired) electrons. The average molecular weight is 457 g/mol. The third kappa shape index (κ3) is 7.68. The third-order valence-corrected chi connectivity index (χ3v) is 6.84. The molecule has 168 valence electrons. The van der Waals surface area contributed by atoms with Gasteiger partial charge in [-0.25, -0.2) is 0 Å². The predicted octanol–water partition coefficient (Wildman–Crippen LogP) is 1.28. The molecule has 30 heavy (non-hydrogen) atoms. The quantitative estimate of drug-likeness (QED) is 0.565. The summed E-state index contributed by atoms with van der Waals surface area (Å²) < 4.78 is 6.38. The van der Waals surface area contributed by atoms with Gasteiger partial charge in [-0.15, -0.1) is 10.2 Å². The van der Waals surface area contributed by atoms with Crippen LogP contribution in [0.1, 0.15) is 33.6 Å². The molecule has 3 heterocycles. The molecule has 1 atom stereocenters. The second-order valence-electron chi connectivity index (χ2n) is 8.63. The molecule has 1 aromatic heterocycles. The van der Waals surface area contributed by atoms with Crippen molar-refractivity contribution in [1.29, 1.82) is 0 Å². The Morgan fingerprint density at radius 2 is 2.00 bits per heavy atom. The SMILES string of the molecule is CC(C)(C)NC(=O)CN1CCN(C(=O)CSc2nnc(NCC3CCCO3)s2)CC1. The summed E-state index contributed by atoms with van der Waals surface area (Å²) in [4.78, 5) is 28.5. The fourth-order valence-corrected chi connectivity index (χ4v) is 5.04. The molecule has 1 unspecified atom stereocenters. The lowest BCUT2D eigenvalue weighted by molar-refractivity contribution is -0.130. The van der Waals surface area contributed by atoms with Gasteiger partial charge in [-0.3, -0.25) is 14.5 Å². The van der Waals surface area contributed by atoms with Crippen LogP contribution in [0.4, 0.5) is 5.13 Å². The van der Waals surface area contributed by atoms with Gasteiger partial charge in [-0.05, 0) is 33.6 Å². The molecule has 2 saturated heterocycles. The highest BCUT2D eigenvalue weighted by atomic mass is 32.2. The monoisotopic (exact) mass is 456 g/mol. The molecule has 9 nitrogen and oxygen atoms in total. The summed E-state index contributed by atoms with van der Waals surface area (Å²) in [6.45, 7) is 10.6. The van der Waals surface area contributed by atoms with Gasteiger partial charge in [-0.1, -0.05) is 23.1 Å². The summed E-state index contributed by atoms with van der Waals surface area (Å²) in [6.07, 6.45) is 2.45. The zero-order valence-corrected chi connectivity index (χ0v) is 19.6. The molecule has 2 aliphatic rings. The Balaban J connectivity index is 1.33. The van der Waals surface area contributed by atoms with Gasteiger partial charge in [0, 0.05) is 44.9 Å². The number of rotatable bonds is 8. The normalized spacial score (nSPS) is 20.4. The standard InChI is InChI=1S/C19H32N6O3S2/c1-19(2,3)21-15(26)12-24-6-8-25(9-7-24)16(27)13-29-18-23-22-17(30-18)20-11-14-5-4-10-28-14/h14H,4-13H2,1-3H3,(H,20,22)(H,21,26). The molecule has 0 spiro atoms. The number of hydrogen-bond donors (Lipinski definition) is 2. The van der Waals surface area contributed by atoms with E-state index < -0.39 is 0 Å². The average Bonchev–Trinajstić information content (AvgIpc) is 3.35. The number of anilines is 1. The van der Waals surface area contributed by atoms with Crippen LogP contribution in [-0.2, 0) is 14.3 Å². The molecular weight excluding hydrogens is 424 g/mol. The molecule has 2 aliphatic heterocycles. The van der Waals surface area contributed by atoms with E-state index in [4.69, 9.17) is 4.74 Å². The van der Waals surface area contributed by atoms with E-state index in [2.05, 4.69) is 25.7 Å². The lowest BCUT2D eigenvalue weighted by Gasteiger charge is -2.34. The van der Waals surface area contributed by atoms with E-state index in [-0.39, 0.29) is 23.5 Å². The number of nitrogens with zero attached hydrogens (tertiary/aromatic N) is 4. The minimum absolute atomic E-state index is 0.0259. The van der Waals surface area contributed by atoms with Crippen molar-refractivity contribution in [3.63, 3.8) is 0 Å². The Hall–Kier alpha value is -1.43. The van der Waals surface area contributed by atoms with Crippen molar-refractivity contribution in [2.24, 2.45) is 0 Å². The first-order chi connectivity index (χ1) is 14.3. The maximum Gasteiger partial charge on any atom is 0.234 e. The van der Waals surface area contributed by atoms with Crippen LogP contribution >= 0.6 is 23.1 Å². The molecular formula is C19H32N6O3S2. The van der Waals surface area contributed by atoms with E-state index in [9.17, 15) is 9.59 Å². The lowest BCUT2D eigenvalue weighted by atomic mass is 10.1. The Morgan fingerprint density at radius 3 is 2.67 bits per heavy atom. The molecule has 1 aromatic rings. The Kier molecular flexibility index (Phi) is 8.32. The first-order valence-corrected chi connectivity index (χ1v) is 12.2. The number of hydrogen-bond acceptors (Lipinski definition) is 9. The molecule has 0 bridgehead atoms. The van der Waals surface area contributed by atoms with Gasteiger partial charge in [0.25, 0.3) is 0 Å². The van der Waals surface area contributed by atoms with Gasteiger partial charge in [-0.2, -0.15) is 0 Å². The summed E-state index contributed by atoms with van der Waals surface area (Å²) >= 11 is 2.89. The van der Waals surface area contributed by atoms with Crippen molar-refractivity contribution in [2.75, 3.05) is 56.9 Å². The van der Waals surface area contributed by atoms with Crippen LogP contribution in [0.15, 0.2) is 4.34 Å². The molecule has 0 aromatic carbocycles. The highest BCUT2D eigenvalue weighted by molar-refractivity contribution is 8.01. The maximum absolute atomic E-state index is 12.5. The number of thioether (sulfide) groups is 1. The Labute approximate surface area is 186 Å². The number of piperazine rings is 1. The van der Waals surface area contributed by atoms with E-state index in [1.54, 1.807) is 0 Å². The largest absolute Gasteiger partial charge is 0.376 e. The minimum atomic E-state index is -0.226. The van der Waals surface area contributed by atoms with Crippen LogP contribution in [0.25, 0.3) is 0 Å². The van der Waals surface area contributed by atoms with Crippen LogP contribution < -0.4 is 10.6 Å². The molecule has 2 fully saturated rings. The van der Waals surface area contributed by atoms with Crippen molar-refractivity contribution in [3.8, 4) is 0 Å². The fraction of sp³-hybridized carbons (Fsp3) is 0.789. The second kappa shape index (κ2) is 10.7. The number of nitrogens with one attached hydrogen (secondary N) is 2. The van der Waals surface area contributed by atoms with Crippen LogP contribution in [0.5, 0.6) is 0 Å². The lowest BCUT2D eigenvalue weighted by Crippen LogP contribution is -2.53. The maximum atomic E-state index is 12.5. The fourth-order valence-electron chi connectivity index (χ4n) is 3.38. The van der Waals surface area contributed by atoms with Gasteiger partial charge in [0.15, 0.2) is 4.34 Å². The highest BCUT2D eigenvalue weighted by Crippen LogP contribution is 2.26. The molecule has 0 saturated carbocycles. The summed E-state index contributed by atoms with van der Waals surface area (Å²) in [6, 6.07) is 0. The van der Waals surface area contributed by atoms with Crippen LogP contribution in [0.3, 0.4) is 0 Å². The summed E-state index contributed by atoms with van der Waals surface area (Å²) in [5.41, 5.74) is -0.226. The van der Waals surface area contributed by atoms with Gasteiger partial charge in [0.05, 0.1) is 18.4 Å². The van der Waals surface area contributed by atoms with Gasteiger partial charge in [0.1, 0.15) is 0 Å². The Bertz CT molecular complexity index is 709. The van der Waals surface area contributed by atoms with Crippen molar-refractivity contribution in [1.82, 2.24) is 25.3 Å². The van der Waals surface area contributed by atoms with Crippen molar-refractivity contribution in [3.05, 3.63) is 0 Å². The van der Waals surface area contributed by atoms with Crippen LogP contribution in [0, 0.1) is 0 Å². The van der Waals surface area contributed by atoms with E-state index in [0.717, 1.165) is 35.5 Å². The predicted molar refractivity (Wildman–Crippen MR) is 119 cm³/mol. The molecule has 0 aliphatic carbocycles. The van der Waals surface area contributed by atoms with Crippen molar-refractivity contribution < 1.29 is 14.3 Å². The van der Waals surface area contributed by atoms with Crippen LogP contribution in [0.2, 0.25) is 0 Å². The van der Waals surface area contributed by atoms with Crippen molar-refractivity contribution in [2.45, 2.75) is 49.6 Å². The van der Waals surface area contributed by atoms with E-state index in [0.29, 0.717) is 38.5 Å². The first kappa shape index (κ1) is 23.2. The number of ether oxygens (including phenoxy) is 1. The number of amides is 2. The second-order valence-corrected chi connectivity index (χ2v) is 10.8. The van der Waals surface area contributed by atoms with Crippen LogP contribution in [-0.4, -0.2) is 95.1 Å². The number of aromatic nitrogens is 2. The zero-order chi connectivity index (χ0) is 21.6. The van der Waals surface area contributed by atoms with E-state index >= 15 is 0 Å². The highest BCUT2D eigenvalue weighted by Gasteiger charge is 2.24. The number of carbonyl (C=O) groups is 2. The van der Waals surface area contributed by atoms with Gasteiger partial charge < -0.3 is 20.3 Å². The molecule has 2 N–H and O–H groups in total. The topological polar surface area (TPSA) is 99.7 Å². The zero-order valence-electron chi connectivity index (χ0n) is 18.0. The molecule has 11 heteroatoms. The van der Waals surface area contributed by atoms with Crippen molar-refractivity contribution >= 4 is 40.0 Å².